The number of para-hydroxylation sites is 1. The van der Waals surface area contributed by atoms with Gasteiger partial charge in [0.25, 0.3) is 15.9 Å². The number of rotatable bonds is 7. The third kappa shape index (κ3) is 5.96. The quantitative estimate of drug-likeness (QED) is 0.487. The van der Waals surface area contributed by atoms with Crippen LogP contribution in [-0.4, -0.2) is 20.9 Å². The van der Waals surface area contributed by atoms with Crippen molar-refractivity contribution >= 4 is 54.8 Å². The van der Waals surface area contributed by atoms with Gasteiger partial charge in [-0.2, -0.15) is 0 Å². The zero-order valence-electron chi connectivity index (χ0n) is 14.9. The molecule has 0 spiro atoms. The van der Waals surface area contributed by atoms with E-state index in [-0.39, 0.29) is 22.2 Å². The Balaban J connectivity index is 1.66. The molecule has 0 saturated heterocycles. The molecule has 0 radical (unpaired) electrons. The molecule has 3 aromatic rings. The molecule has 150 valence electrons. The van der Waals surface area contributed by atoms with Crippen LogP contribution in [0.2, 0.25) is 5.02 Å². The Morgan fingerprint density at radius 1 is 1.00 bits per heavy atom. The summed E-state index contributed by atoms with van der Waals surface area (Å²) in [6.07, 6.45) is 0. The van der Waals surface area contributed by atoms with Gasteiger partial charge in [-0.1, -0.05) is 45.7 Å². The lowest BCUT2D eigenvalue weighted by atomic mass is 10.3. The second kappa shape index (κ2) is 9.30. The van der Waals surface area contributed by atoms with Gasteiger partial charge in [0.05, 0.1) is 15.6 Å². The summed E-state index contributed by atoms with van der Waals surface area (Å²) in [5, 5.41) is 2.90. The number of ether oxygens (including phenoxy) is 1. The van der Waals surface area contributed by atoms with Crippen molar-refractivity contribution in [2.45, 2.75) is 4.90 Å². The van der Waals surface area contributed by atoms with E-state index in [1.807, 2.05) is 0 Å². The molecule has 0 aliphatic heterocycles. The number of carbonyl (C=O) groups is 1. The van der Waals surface area contributed by atoms with Crippen LogP contribution in [0.3, 0.4) is 0 Å². The molecule has 1 amide bonds. The van der Waals surface area contributed by atoms with Crippen LogP contribution in [0.15, 0.2) is 82.2 Å². The van der Waals surface area contributed by atoms with Crippen molar-refractivity contribution in [3.8, 4) is 5.75 Å². The summed E-state index contributed by atoms with van der Waals surface area (Å²) in [4.78, 5) is 12.1. The first-order valence-electron chi connectivity index (χ1n) is 8.39. The van der Waals surface area contributed by atoms with E-state index in [1.165, 1.54) is 18.2 Å². The second-order valence-electron chi connectivity index (χ2n) is 5.90. The molecule has 3 rings (SSSR count). The van der Waals surface area contributed by atoms with Crippen LogP contribution in [0.25, 0.3) is 0 Å². The molecule has 0 aromatic heterocycles. The first-order valence-corrected chi connectivity index (χ1v) is 11.0. The van der Waals surface area contributed by atoms with Crippen LogP contribution in [0.4, 0.5) is 11.4 Å². The molecule has 2 N–H and O–H groups in total. The van der Waals surface area contributed by atoms with Gasteiger partial charge in [0.1, 0.15) is 5.75 Å². The highest BCUT2D eigenvalue weighted by molar-refractivity contribution is 9.10. The fraction of sp³-hybridized carbons (Fsp3) is 0.0500. The number of sulfonamides is 1. The molecular weight excluding hydrogens is 480 g/mol. The second-order valence-corrected chi connectivity index (χ2v) is 8.91. The highest BCUT2D eigenvalue weighted by atomic mass is 79.9. The summed E-state index contributed by atoms with van der Waals surface area (Å²) < 4.78 is 34.0. The number of benzene rings is 3. The van der Waals surface area contributed by atoms with Crippen molar-refractivity contribution in [2.75, 3.05) is 16.6 Å². The van der Waals surface area contributed by atoms with E-state index in [4.69, 9.17) is 16.3 Å². The van der Waals surface area contributed by atoms with Gasteiger partial charge in [0.2, 0.25) is 0 Å². The lowest BCUT2D eigenvalue weighted by Crippen LogP contribution is -2.20. The minimum Gasteiger partial charge on any atom is -0.484 e. The third-order valence-corrected chi connectivity index (χ3v) is 5.95. The molecule has 0 bridgehead atoms. The van der Waals surface area contributed by atoms with Crippen LogP contribution in [0, 0.1) is 0 Å². The molecule has 0 saturated carbocycles. The van der Waals surface area contributed by atoms with Crippen molar-refractivity contribution in [2.24, 2.45) is 0 Å². The monoisotopic (exact) mass is 494 g/mol. The Labute approximate surface area is 182 Å². The van der Waals surface area contributed by atoms with Crippen molar-refractivity contribution in [1.29, 1.82) is 0 Å². The molecule has 0 unspecified atom stereocenters. The summed E-state index contributed by atoms with van der Waals surface area (Å²) in [5.41, 5.74) is 0.600. The van der Waals surface area contributed by atoms with E-state index in [0.29, 0.717) is 11.4 Å². The third-order valence-electron chi connectivity index (χ3n) is 3.73. The Hall–Kier alpha value is -2.55. The predicted molar refractivity (Wildman–Crippen MR) is 117 cm³/mol. The lowest BCUT2D eigenvalue weighted by Gasteiger charge is -2.11. The molecule has 6 nitrogen and oxygen atoms in total. The van der Waals surface area contributed by atoms with E-state index in [2.05, 4.69) is 26.0 Å². The average molecular weight is 496 g/mol. The van der Waals surface area contributed by atoms with E-state index >= 15 is 0 Å². The number of hydrogen-bond donors (Lipinski definition) is 2. The number of anilines is 2. The molecule has 0 heterocycles. The maximum Gasteiger partial charge on any atom is 0.262 e. The molecule has 0 aliphatic carbocycles. The maximum atomic E-state index is 12.6. The molecule has 0 aliphatic rings. The Morgan fingerprint density at radius 2 is 1.72 bits per heavy atom. The topological polar surface area (TPSA) is 84.5 Å². The minimum absolute atomic E-state index is 0.0101. The molecule has 3 aromatic carbocycles. The largest absolute Gasteiger partial charge is 0.484 e. The first kappa shape index (κ1) is 21.2. The van der Waals surface area contributed by atoms with Crippen LogP contribution >= 0.6 is 27.5 Å². The summed E-state index contributed by atoms with van der Waals surface area (Å²) in [6.45, 7) is -0.212. The Bertz CT molecular complexity index is 1120. The fourth-order valence-corrected chi connectivity index (χ4v) is 3.99. The minimum atomic E-state index is -3.87. The van der Waals surface area contributed by atoms with Gasteiger partial charge in [-0.15, -0.1) is 0 Å². The molecule has 0 atom stereocenters. The van der Waals surface area contributed by atoms with E-state index in [9.17, 15) is 13.2 Å². The SMILES string of the molecule is O=C(COc1ccc(Br)cc1)Nc1cccc(S(=O)(=O)Nc2ccccc2Cl)c1. The number of amides is 1. The van der Waals surface area contributed by atoms with Gasteiger partial charge in [-0.25, -0.2) is 8.42 Å². The van der Waals surface area contributed by atoms with E-state index < -0.39 is 15.9 Å². The smallest absolute Gasteiger partial charge is 0.262 e. The standard InChI is InChI=1S/C20H16BrClN2O4S/c21-14-8-10-16(11-9-14)28-13-20(25)23-15-4-3-5-17(12-15)29(26,27)24-19-7-2-1-6-18(19)22/h1-12,24H,13H2,(H,23,25). The highest BCUT2D eigenvalue weighted by Gasteiger charge is 2.16. The maximum absolute atomic E-state index is 12.6. The Kier molecular flexibility index (Phi) is 6.79. The summed E-state index contributed by atoms with van der Waals surface area (Å²) in [7, 11) is -3.87. The van der Waals surface area contributed by atoms with Gasteiger partial charge in [0, 0.05) is 10.2 Å². The zero-order chi connectivity index (χ0) is 20.9. The zero-order valence-corrected chi connectivity index (χ0v) is 18.1. The molecule has 29 heavy (non-hydrogen) atoms. The lowest BCUT2D eigenvalue weighted by molar-refractivity contribution is -0.118. The van der Waals surface area contributed by atoms with Crippen LogP contribution in [0.1, 0.15) is 0 Å². The van der Waals surface area contributed by atoms with E-state index in [0.717, 1.165) is 4.47 Å². The number of halogens is 2. The molecular formula is C20H16BrClN2O4S. The number of hydrogen-bond acceptors (Lipinski definition) is 4. The summed E-state index contributed by atoms with van der Waals surface area (Å²) in [6, 6.07) is 19.5. The summed E-state index contributed by atoms with van der Waals surface area (Å²) >= 11 is 9.33. The van der Waals surface area contributed by atoms with Gasteiger partial charge in [0.15, 0.2) is 6.61 Å². The van der Waals surface area contributed by atoms with Crippen molar-refractivity contribution in [1.82, 2.24) is 0 Å². The first-order chi connectivity index (χ1) is 13.8. The number of nitrogens with one attached hydrogen (secondary N) is 2. The van der Waals surface area contributed by atoms with Crippen molar-refractivity contribution < 1.29 is 17.9 Å². The van der Waals surface area contributed by atoms with Gasteiger partial charge in [-0.05, 0) is 54.6 Å². The van der Waals surface area contributed by atoms with Gasteiger partial charge >= 0.3 is 0 Å². The van der Waals surface area contributed by atoms with Crippen LogP contribution in [0.5, 0.6) is 5.75 Å². The predicted octanol–water partition coefficient (Wildman–Crippen LogP) is 4.92. The summed E-state index contributed by atoms with van der Waals surface area (Å²) in [5.74, 6) is 0.130. The van der Waals surface area contributed by atoms with Crippen molar-refractivity contribution in [3.05, 3.63) is 82.3 Å². The molecule has 9 heteroatoms. The average Bonchev–Trinajstić information content (AvgIpc) is 2.69. The van der Waals surface area contributed by atoms with Gasteiger partial charge in [-0.3, -0.25) is 9.52 Å². The molecule has 0 fully saturated rings. The number of carbonyl (C=O) groups excluding carboxylic acids is 1. The van der Waals surface area contributed by atoms with Crippen LogP contribution < -0.4 is 14.8 Å². The Morgan fingerprint density at radius 3 is 2.45 bits per heavy atom. The van der Waals surface area contributed by atoms with Crippen molar-refractivity contribution in [3.63, 3.8) is 0 Å². The highest BCUT2D eigenvalue weighted by Crippen LogP contribution is 2.25. The normalized spacial score (nSPS) is 11.0. The fourth-order valence-electron chi connectivity index (χ4n) is 2.37. The van der Waals surface area contributed by atoms with E-state index in [1.54, 1.807) is 54.6 Å². The van der Waals surface area contributed by atoms with Gasteiger partial charge < -0.3 is 10.1 Å². The van der Waals surface area contributed by atoms with Crippen LogP contribution in [-0.2, 0) is 14.8 Å².